The maximum Gasteiger partial charge on any atom is 0.305 e. The largest absolute Gasteiger partial charge is 0.379 e. The Kier molecular flexibility index (Phi) is 4.77. The molecule has 0 spiro atoms. The molecule has 1 aromatic rings. The molecule has 0 aromatic heterocycles. The third-order valence-corrected chi connectivity index (χ3v) is 3.59. The minimum Gasteiger partial charge on any atom is -0.379 e. The Morgan fingerprint density at radius 3 is 2.76 bits per heavy atom. The second-order valence-electron chi connectivity index (χ2n) is 5.51. The van der Waals surface area contributed by atoms with Crippen LogP contribution in [0.3, 0.4) is 0 Å². The quantitative estimate of drug-likeness (QED) is 0.619. The molecule has 0 heterocycles. The van der Waals surface area contributed by atoms with Gasteiger partial charge in [0, 0.05) is 20.1 Å². The summed E-state index contributed by atoms with van der Waals surface area (Å²) in [6.07, 6.45) is 3.13. The molecule has 0 bridgehead atoms. The summed E-state index contributed by atoms with van der Waals surface area (Å²) in [6.45, 7) is 3.29. The number of nitro benzene ring substituents is 1. The van der Waals surface area contributed by atoms with Crippen LogP contribution in [-0.2, 0) is 0 Å². The number of benzene rings is 1. The highest BCUT2D eigenvalue weighted by atomic mass is 16.6. The van der Waals surface area contributed by atoms with Gasteiger partial charge in [-0.3, -0.25) is 14.9 Å². The molecule has 1 aliphatic carbocycles. The van der Waals surface area contributed by atoms with E-state index in [-0.39, 0.29) is 17.2 Å². The van der Waals surface area contributed by atoms with Crippen molar-refractivity contribution in [2.45, 2.75) is 26.2 Å². The predicted octanol–water partition coefficient (Wildman–Crippen LogP) is 2.90. The van der Waals surface area contributed by atoms with Crippen molar-refractivity contribution in [3.8, 4) is 0 Å². The van der Waals surface area contributed by atoms with E-state index in [4.69, 9.17) is 0 Å². The summed E-state index contributed by atoms with van der Waals surface area (Å²) in [5.74, 6) is 0.271. The second-order valence-corrected chi connectivity index (χ2v) is 5.51. The van der Waals surface area contributed by atoms with Crippen LogP contribution < -0.4 is 5.32 Å². The van der Waals surface area contributed by atoms with E-state index in [0.717, 1.165) is 19.3 Å². The number of amides is 1. The van der Waals surface area contributed by atoms with Gasteiger partial charge in [0.05, 0.1) is 4.92 Å². The Morgan fingerprint density at radius 2 is 2.19 bits per heavy atom. The van der Waals surface area contributed by atoms with E-state index < -0.39 is 4.92 Å². The number of hydrogen-bond donors (Lipinski definition) is 1. The Bertz CT molecular complexity index is 541. The van der Waals surface area contributed by atoms with Gasteiger partial charge in [0.15, 0.2) is 0 Å². The van der Waals surface area contributed by atoms with Gasteiger partial charge in [0.2, 0.25) is 0 Å². The number of rotatable bonds is 7. The van der Waals surface area contributed by atoms with Gasteiger partial charge in [-0.15, -0.1) is 0 Å². The fourth-order valence-electron chi connectivity index (χ4n) is 2.29. The van der Waals surface area contributed by atoms with Crippen LogP contribution in [0.25, 0.3) is 0 Å². The summed E-state index contributed by atoms with van der Waals surface area (Å²) in [7, 11) is 1.70. The van der Waals surface area contributed by atoms with Gasteiger partial charge in [-0.05, 0) is 37.3 Å². The van der Waals surface area contributed by atoms with Crippen LogP contribution in [0, 0.1) is 16.0 Å². The van der Waals surface area contributed by atoms with Crippen molar-refractivity contribution < 1.29 is 9.72 Å². The fourth-order valence-corrected chi connectivity index (χ4v) is 2.29. The number of para-hydroxylation sites is 1. The lowest BCUT2D eigenvalue weighted by molar-refractivity contribution is -0.384. The van der Waals surface area contributed by atoms with Gasteiger partial charge in [0.1, 0.15) is 11.3 Å². The van der Waals surface area contributed by atoms with Gasteiger partial charge in [0.25, 0.3) is 5.91 Å². The Hall–Kier alpha value is -2.11. The number of carbonyl (C=O) groups excluding carboxylic acids is 1. The Morgan fingerprint density at radius 1 is 1.48 bits per heavy atom. The summed E-state index contributed by atoms with van der Waals surface area (Å²) in [6, 6.07) is 4.86. The van der Waals surface area contributed by atoms with E-state index in [1.807, 2.05) is 6.92 Å². The Balaban J connectivity index is 2.27. The smallest absolute Gasteiger partial charge is 0.305 e. The van der Waals surface area contributed by atoms with Gasteiger partial charge in [-0.2, -0.15) is 0 Å². The van der Waals surface area contributed by atoms with E-state index in [1.54, 1.807) is 24.1 Å². The summed E-state index contributed by atoms with van der Waals surface area (Å²) >= 11 is 0. The van der Waals surface area contributed by atoms with Gasteiger partial charge in [-0.25, -0.2) is 0 Å². The zero-order valence-corrected chi connectivity index (χ0v) is 12.5. The summed E-state index contributed by atoms with van der Waals surface area (Å²) in [5, 5.41) is 14.4. The predicted molar refractivity (Wildman–Crippen MR) is 81.6 cm³/mol. The molecule has 6 heteroatoms. The minimum atomic E-state index is -0.476. The first-order chi connectivity index (χ1) is 10.0. The topological polar surface area (TPSA) is 75.5 Å². The van der Waals surface area contributed by atoms with Crippen molar-refractivity contribution >= 4 is 17.3 Å². The van der Waals surface area contributed by atoms with Crippen molar-refractivity contribution in [1.29, 1.82) is 0 Å². The highest BCUT2D eigenvalue weighted by Crippen LogP contribution is 2.32. The fraction of sp³-hybridized carbons (Fsp3) is 0.533. The monoisotopic (exact) mass is 291 g/mol. The van der Waals surface area contributed by atoms with Crippen molar-refractivity contribution in [2.24, 2.45) is 5.92 Å². The summed E-state index contributed by atoms with van der Waals surface area (Å²) in [4.78, 5) is 24.9. The molecule has 0 unspecified atom stereocenters. The van der Waals surface area contributed by atoms with E-state index in [1.165, 1.54) is 6.07 Å². The first-order valence-electron chi connectivity index (χ1n) is 7.31. The standard InChI is InChI=1S/C15H21N3O3/c1-3-9-16-13-6-4-5-12(14(13)18(20)21)15(19)17(2)10-11-7-8-11/h4-6,11,16H,3,7-10H2,1-2H3. The first-order valence-corrected chi connectivity index (χ1v) is 7.31. The number of nitro groups is 1. The van der Waals surface area contributed by atoms with E-state index in [9.17, 15) is 14.9 Å². The zero-order chi connectivity index (χ0) is 15.4. The van der Waals surface area contributed by atoms with Crippen molar-refractivity contribution in [2.75, 3.05) is 25.5 Å². The van der Waals surface area contributed by atoms with E-state index in [0.29, 0.717) is 24.7 Å². The molecular weight excluding hydrogens is 270 g/mol. The van der Waals surface area contributed by atoms with Gasteiger partial charge >= 0.3 is 5.69 Å². The summed E-state index contributed by atoms with van der Waals surface area (Å²) in [5.41, 5.74) is 0.440. The van der Waals surface area contributed by atoms with Crippen LogP contribution >= 0.6 is 0 Å². The molecule has 1 amide bonds. The Labute approximate surface area is 124 Å². The lowest BCUT2D eigenvalue weighted by Gasteiger charge is -2.17. The molecule has 1 fully saturated rings. The van der Waals surface area contributed by atoms with Crippen LogP contribution in [0.4, 0.5) is 11.4 Å². The lowest BCUT2D eigenvalue weighted by atomic mass is 10.1. The number of anilines is 1. The van der Waals surface area contributed by atoms with Crippen LogP contribution in [0.15, 0.2) is 18.2 Å². The second kappa shape index (κ2) is 6.56. The molecule has 1 saturated carbocycles. The van der Waals surface area contributed by atoms with Gasteiger partial charge < -0.3 is 10.2 Å². The SMILES string of the molecule is CCCNc1cccc(C(=O)N(C)CC2CC2)c1[N+](=O)[O-]. The average Bonchev–Trinajstić information content (AvgIpc) is 3.27. The van der Waals surface area contributed by atoms with Crippen LogP contribution in [-0.4, -0.2) is 35.9 Å². The van der Waals surface area contributed by atoms with E-state index in [2.05, 4.69) is 5.32 Å². The molecule has 1 aliphatic rings. The van der Waals surface area contributed by atoms with Crippen molar-refractivity contribution in [1.82, 2.24) is 4.90 Å². The summed E-state index contributed by atoms with van der Waals surface area (Å²) < 4.78 is 0. The molecule has 1 aromatic carbocycles. The molecule has 6 nitrogen and oxygen atoms in total. The molecular formula is C15H21N3O3. The number of carbonyl (C=O) groups is 1. The number of hydrogen-bond acceptors (Lipinski definition) is 4. The maximum absolute atomic E-state index is 12.5. The van der Waals surface area contributed by atoms with Gasteiger partial charge in [-0.1, -0.05) is 13.0 Å². The van der Waals surface area contributed by atoms with Crippen molar-refractivity contribution in [3.63, 3.8) is 0 Å². The number of nitrogens with zero attached hydrogens (tertiary/aromatic N) is 2. The lowest BCUT2D eigenvalue weighted by Crippen LogP contribution is -2.29. The maximum atomic E-state index is 12.5. The molecule has 114 valence electrons. The minimum absolute atomic E-state index is 0.126. The molecule has 21 heavy (non-hydrogen) atoms. The van der Waals surface area contributed by atoms with Crippen LogP contribution in [0.1, 0.15) is 36.5 Å². The molecule has 2 rings (SSSR count). The third-order valence-electron chi connectivity index (χ3n) is 3.59. The van der Waals surface area contributed by atoms with Crippen LogP contribution in [0.2, 0.25) is 0 Å². The highest BCUT2D eigenvalue weighted by molar-refractivity contribution is 6.00. The molecule has 0 saturated heterocycles. The normalized spacial score (nSPS) is 13.8. The zero-order valence-electron chi connectivity index (χ0n) is 12.5. The average molecular weight is 291 g/mol. The number of nitrogens with one attached hydrogen (secondary N) is 1. The molecule has 1 N–H and O–H groups in total. The first kappa shape index (κ1) is 15.3. The molecule has 0 aliphatic heterocycles. The van der Waals surface area contributed by atoms with Crippen LogP contribution in [0.5, 0.6) is 0 Å². The highest BCUT2D eigenvalue weighted by Gasteiger charge is 2.29. The van der Waals surface area contributed by atoms with E-state index >= 15 is 0 Å². The third kappa shape index (κ3) is 3.71. The molecule has 0 atom stereocenters. The molecule has 0 radical (unpaired) electrons. The van der Waals surface area contributed by atoms with Crippen molar-refractivity contribution in [3.05, 3.63) is 33.9 Å².